The largest absolute Gasteiger partial charge is 0.442 e. The molecule has 1 N–H and O–H groups in total. The molecule has 32 heavy (non-hydrogen) atoms. The molecule has 1 amide bonds. The normalized spacial score (nSPS) is 18.7. The molecule has 8 nitrogen and oxygen atoms in total. The number of hydrogen-bond donors (Lipinski definition) is 1. The molecule has 0 radical (unpaired) electrons. The quantitative estimate of drug-likeness (QED) is 0.655. The lowest BCUT2D eigenvalue weighted by Gasteiger charge is -2.37. The molecule has 4 rings (SSSR count). The molecule has 2 aromatic rings. The molecule has 1 atom stereocenters. The van der Waals surface area contributed by atoms with Gasteiger partial charge in [0.15, 0.2) is 5.76 Å². The Bertz CT molecular complexity index is 1040. The van der Waals surface area contributed by atoms with E-state index in [1.807, 2.05) is 22.8 Å². The van der Waals surface area contributed by atoms with Crippen LogP contribution in [-0.2, 0) is 4.74 Å². The number of rotatable bonds is 5. The van der Waals surface area contributed by atoms with Crippen molar-refractivity contribution < 1.29 is 18.4 Å². The minimum absolute atomic E-state index is 0.338. The second kappa shape index (κ2) is 9.37. The third-order valence-corrected chi connectivity index (χ3v) is 6.05. The van der Waals surface area contributed by atoms with Crippen LogP contribution in [0.2, 0.25) is 0 Å². The number of amides is 1. The molecule has 2 saturated heterocycles. The van der Waals surface area contributed by atoms with Gasteiger partial charge >= 0.3 is 6.09 Å². The first-order valence-corrected chi connectivity index (χ1v) is 11.1. The summed E-state index contributed by atoms with van der Waals surface area (Å²) >= 11 is 10.5. The molecule has 2 aliphatic heterocycles. The van der Waals surface area contributed by atoms with E-state index in [4.69, 9.17) is 33.7 Å². The number of hydrogen-bond acceptors (Lipinski definition) is 7. The third kappa shape index (κ3) is 4.83. The summed E-state index contributed by atoms with van der Waals surface area (Å²) in [6.45, 7) is 6.89. The van der Waals surface area contributed by atoms with E-state index < -0.39 is 6.09 Å². The Morgan fingerprint density at radius 1 is 1.25 bits per heavy atom. The van der Waals surface area contributed by atoms with Gasteiger partial charge in [0.25, 0.3) is 0 Å². The van der Waals surface area contributed by atoms with Crippen LogP contribution in [-0.4, -0.2) is 71.5 Å². The zero-order chi connectivity index (χ0) is 22.8. The molecule has 0 spiro atoms. The summed E-state index contributed by atoms with van der Waals surface area (Å²) in [5, 5.41) is 6.87. The number of halogens is 1. The standard InChI is InChI=1S/C21H24FN5O3S2/c1-13-9-19(30-24-13)20(32)26-7-5-25(6-8-26)18-4-3-15(10-17(18)22)27-12-16(29-21(27)28)11-23-14(2)31/h3-4,9-10,16H,5-8,11-12H2,1-2H3,(H,23,31)/t16-/m0/s1. The number of cyclic esters (lactones) is 1. The van der Waals surface area contributed by atoms with Crippen molar-refractivity contribution in [2.45, 2.75) is 20.0 Å². The summed E-state index contributed by atoms with van der Waals surface area (Å²) in [5.74, 6) is 0.196. The topological polar surface area (TPSA) is 74.1 Å². The lowest BCUT2D eigenvalue weighted by molar-refractivity contribution is 0.143. The average Bonchev–Trinajstić information content (AvgIpc) is 3.37. The first-order chi connectivity index (χ1) is 15.3. The van der Waals surface area contributed by atoms with Crippen LogP contribution in [0.4, 0.5) is 20.6 Å². The zero-order valence-corrected chi connectivity index (χ0v) is 19.5. The molecule has 1 aromatic heterocycles. The van der Waals surface area contributed by atoms with Gasteiger partial charge in [-0.25, -0.2) is 9.18 Å². The van der Waals surface area contributed by atoms with Crippen LogP contribution in [0.15, 0.2) is 28.8 Å². The molecule has 3 heterocycles. The van der Waals surface area contributed by atoms with E-state index >= 15 is 0 Å². The van der Waals surface area contributed by atoms with Crippen LogP contribution >= 0.6 is 24.4 Å². The molecule has 170 valence electrons. The minimum Gasteiger partial charge on any atom is -0.442 e. The van der Waals surface area contributed by atoms with Crippen molar-refractivity contribution in [2.75, 3.05) is 49.1 Å². The lowest BCUT2D eigenvalue weighted by Crippen LogP contribution is -2.48. The van der Waals surface area contributed by atoms with E-state index in [-0.39, 0.29) is 11.9 Å². The van der Waals surface area contributed by atoms with Gasteiger partial charge in [-0.05, 0) is 32.0 Å². The molecule has 0 unspecified atom stereocenters. The van der Waals surface area contributed by atoms with Gasteiger partial charge < -0.3 is 24.4 Å². The highest BCUT2D eigenvalue weighted by atomic mass is 32.1. The number of ether oxygens (including phenoxy) is 1. The first-order valence-electron chi connectivity index (χ1n) is 10.3. The average molecular weight is 478 g/mol. The number of piperazine rings is 1. The summed E-state index contributed by atoms with van der Waals surface area (Å²) in [6, 6.07) is 6.64. The van der Waals surface area contributed by atoms with Crippen molar-refractivity contribution in [1.82, 2.24) is 15.4 Å². The van der Waals surface area contributed by atoms with E-state index in [2.05, 4.69) is 10.5 Å². The number of nitrogens with one attached hydrogen (secondary N) is 1. The lowest BCUT2D eigenvalue weighted by atomic mass is 10.2. The van der Waals surface area contributed by atoms with Gasteiger partial charge in [-0.3, -0.25) is 4.90 Å². The van der Waals surface area contributed by atoms with E-state index in [0.29, 0.717) is 66.4 Å². The molecule has 0 saturated carbocycles. The van der Waals surface area contributed by atoms with Crippen LogP contribution < -0.4 is 15.1 Å². The van der Waals surface area contributed by atoms with Crippen molar-refractivity contribution in [3.63, 3.8) is 0 Å². The summed E-state index contributed by atoms with van der Waals surface area (Å²) in [5.41, 5.74) is 1.75. The fraction of sp³-hybridized carbons (Fsp3) is 0.429. The van der Waals surface area contributed by atoms with Crippen LogP contribution in [0.25, 0.3) is 0 Å². The number of anilines is 2. The molecule has 1 aromatic carbocycles. The summed E-state index contributed by atoms with van der Waals surface area (Å²) in [7, 11) is 0. The SMILES string of the molecule is CC(=S)NC[C@H]1CN(c2ccc(N3CCN(C(=S)c4cc(C)no4)CC3)c(F)c2)C(=O)O1. The number of carbonyl (C=O) groups is 1. The van der Waals surface area contributed by atoms with E-state index in [0.717, 1.165) is 5.69 Å². The highest BCUT2D eigenvalue weighted by molar-refractivity contribution is 7.80. The molecular weight excluding hydrogens is 453 g/mol. The van der Waals surface area contributed by atoms with E-state index in [1.165, 1.54) is 11.0 Å². The number of aromatic nitrogens is 1. The van der Waals surface area contributed by atoms with Crippen molar-refractivity contribution in [2.24, 2.45) is 0 Å². The maximum atomic E-state index is 15.0. The molecule has 2 fully saturated rings. The van der Waals surface area contributed by atoms with Crippen LogP contribution in [0.5, 0.6) is 0 Å². The number of aryl methyl sites for hydroxylation is 1. The fourth-order valence-corrected chi connectivity index (χ4v) is 4.15. The predicted octanol–water partition coefficient (Wildman–Crippen LogP) is 2.88. The highest BCUT2D eigenvalue weighted by Gasteiger charge is 2.33. The van der Waals surface area contributed by atoms with Crippen molar-refractivity contribution in [3.05, 3.63) is 41.5 Å². The highest BCUT2D eigenvalue weighted by Crippen LogP contribution is 2.28. The number of nitrogens with zero attached hydrogens (tertiary/aromatic N) is 4. The Labute approximate surface area is 196 Å². The van der Waals surface area contributed by atoms with Gasteiger partial charge in [-0.1, -0.05) is 29.6 Å². The Morgan fingerprint density at radius 2 is 2.00 bits per heavy atom. The van der Waals surface area contributed by atoms with E-state index in [9.17, 15) is 9.18 Å². The number of carbonyl (C=O) groups excluding carboxylic acids is 1. The van der Waals surface area contributed by atoms with Crippen LogP contribution in [0.1, 0.15) is 18.4 Å². The van der Waals surface area contributed by atoms with Gasteiger partial charge in [0.2, 0.25) is 0 Å². The zero-order valence-electron chi connectivity index (χ0n) is 17.8. The second-order valence-corrected chi connectivity index (χ2v) is 8.80. The predicted molar refractivity (Wildman–Crippen MR) is 127 cm³/mol. The van der Waals surface area contributed by atoms with Crippen LogP contribution in [0.3, 0.4) is 0 Å². The minimum atomic E-state index is -0.490. The van der Waals surface area contributed by atoms with E-state index in [1.54, 1.807) is 19.1 Å². The van der Waals surface area contributed by atoms with Crippen molar-refractivity contribution in [3.8, 4) is 0 Å². The second-order valence-electron chi connectivity index (χ2n) is 7.80. The molecule has 11 heteroatoms. The Kier molecular flexibility index (Phi) is 6.56. The first kappa shape index (κ1) is 22.4. The molecule has 0 aliphatic carbocycles. The summed E-state index contributed by atoms with van der Waals surface area (Å²) in [4.78, 5) is 18.9. The molecular formula is C21H24FN5O3S2. The molecule has 2 aliphatic rings. The maximum absolute atomic E-state index is 15.0. The third-order valence-electron chi connectivity index (χ3n) is 5.44. The summed E-state index contributed by atoms with van der Waals surface area (Å²) in [6.07, 6.45) is -0.830. The number of thiocarbonyl (C=S) groups is 2. The van der Waals surface area contributed by atoms with Gasteiger partial charge in [-0.2, -0.15) is 0 Å². The number of benzene rings is 1. The van der Waals surface area contributed by atoms with Gasteiger partial charge in [-0.15, -0.1) is 0 Å². The monoisotopic (exact) mass is 477 g/mol. The van der Waals surface area contributed by atoms with Crippen LogP contribution in [0, 0.1) is 12.7 Å². The Hall–Kier alpha value is -2.79. The smallest absolute Gasteiger partial charge is 0.414 e. The van der Waals surface area contributed by atoms with Crippen molar-refractivity contribution >= 4 is 51.9 Å². The van der Waals surface area contributed by atoms with Crippen molar-refractivity contribution in [1.29, 1.82) is 0 Å². The molecule has 0 bridgehead atoms. The Morgan fingerprint density at radius 3 is 2.62 bits per heavy atom. The van der Waals surface area contributed by atoms with Gasteiger partial charge in [0, 0.05) is 32.2 Å². The van der Waals surface area contributed by atoms with Gasteiger partial charge in [0.05, 0.1) is 35.1 Å². The maximum Gasteiger partial charge on any atom is 0.414 e. The fourth-order valence-electron chi connectivity index (χ4n) is 3.79. The van der Waals surface area contributed by atoms with Gasteiger partial charge in [0.1, 0.15) is 16.9 Å². The summed E-state index contributed by atoms with van der Waals surface area (Å²) < 4.78 is 25.6. The Balaban J connectivity index is 1.37.